The molecule has 3 unspecified atom stereocenters. The van der Waals surface area contributed by atoms with Crippen LogP contribution in [0.2, 0.25) is 0 Å². The molecule has 0 heterocycles. The molecule has 0 saturated heterocycles. The lowest BCUT2D eigenvalue weighted by Gasteiger charge is -2.63. The van der Waals surface area contributed by atoms with Crippen LogP contribution in [0.4, 0.5) is 0 Å². The first kappa shape index (κ1) is 10.2. The fraction of sp³-hybridized carbons (Fsp3) is 0.917. The Morgan fingerprint density at radius 2 is 2.21 bits per heavy atom. The van der Waals surface area contributed by atoms with Crippen molar-refractivity contribution in [1.82, 2.24) is 0 Å². The zero-order valence-electron chi connectivity index (χ0n) is 9.38. The molecule has 2 bridgehead atoms. The van der Waals surface area contributed by atoms with Crippen molar-refractivity contribution in [3.05, 3.63) is 0 Å². The van der Waals surface area contributed by atoms with Crippen LogP contribution in [0, 0.1) is 17.3 Å². The van der Waals surface area contributed by atoms with Crippen LogP contribution in [-0.4, -0.2) is 18.5 Å². The second kappa shape index (κ2) is 3.06. The zero-order chi connectivity index (χ0) is 10.4. The predicted molar refractivity (Wildman–Crippen MR) is 55.0 cm³/mol. The van der Waals surface area contributed by atoms with Crippen LogP contribution in [-0.2, 0) is 9.53 Å². The number of hydrogen-bond donors (Lipinski definition) is 0. The van der Waals surface area contributed by atoms with E-state index >= 15 is 0 Å². The van der Waals surface area contributed by atoms with Crippen molar-refractivity contribution >= 4 is 6.29 Å². The second-order valence-electron chi connectivity index (χ2n) is 5.35. The number of ether oxygens (including phenoxy) is 1. The summed E-state index contributed by atoms with van der Waals surface area (Å²) in [6.07, 6.45) is 4.34. The van der Waals surface area contributed by atoms with E-state index in [4.69, 9.17) is 4.74 Å². The van der Waals surface area contributed by atoms with Crippen molar-refractivity contribution < 1.29 is 9.53 Å². The molecule has 0 aromatic heterocycles. The van der Waals surface area contributed by atoms with Gasteiger partial charge in [0.2, 0.25) is 0 Å². The van der Waals surface area contributed by atoms with Gasteiger partial charge in [0.15, 0.2) is 6.29 Å². The van der Waals surface area contributed by atoms with Gasteiger partial charge in [-0.1, -0.05) is 13.8 Å². The molecule has 3 atom stereocenters. The molecule has 3 aliphatic rings. The third kappa shape index (κ3) is 1.10. The highest BCUT2D eigenvalue weighted by atomic mass is 16.5. The Balaban J connectivity index is 2.22. The fourth-order valence-electron chi connectivity index (χ4n) is 3.53. The van der Waals surface area contributed by atoms with Gasteiger partial charge in [-0.15, -0.1) is 0 Å². The van der Waals surface area contributed by atoms with E-state index in [2.05, 4.69) is 13.8 Å². The highest BCUT2D eigenvalue weighted by molar-refractivity contribution is 5.64. The minimum atomic E-state index is -0.451. The fourth-order valence-corrected chi connectivity index (χ4v) is 3.53. The van der Waals surface area contributed by atoms with Gasteiger partial charge in [0.1, 0.15) is 5.60 Å². The SMILES string of the molecule is CCOC1(C=O)CCC2CC1C2(C)C. The predicted octanol–water partition coefficient (Wildman–Crippen LogP) is 2.42. The van der Waals surface area contributed by atoms with Crippen LogP contribution in [0.3, 0.4) is 0 Å². The molecule has 3 fully saturated rings. The van der Waals surface area contributed by atoms with Crippen LogP contribution in [0.25, 0.3) is 0 Å². The maximum atomic E-state index is 11.3. The van der Waals surface area contributed by atoms with Gasteiger partial charge in [-0.05, 0) is 37.5 Å². The minimum absolute atomic E-state index is 0.314. The average Bonchev–Trinajstić information content (AvgIpc) is 2.18. The lowest BCUT2D eigenvalue weighted by molar-refractivity contribution is -0.212. The van der Waals surface area contributed by atoms with E-state index in [1.54, 1.807) is 0 Å². The van der Waals surface area contributed by atoms with Gasteiger partial charge in [0.25, 0.3) is 0 Å². The molecule has 0 radical (unpaired) electrons. The van der Waals surface area contributed by atoms with Crippen molar-refractivity contribution in [2.75, 3.05) is 6.61 Å². The summed E-state index contributed by atoms with van der Waals surface area (Å²) < 4.78 is 5.74. The summed E-state index contributed by atoms with van der Waals surface area (Å²) in [6.45, 7) is 7.18. The summed E-state index contributed by atoms with van der Waals surface area (Å²) in [6, 6.07) is 0. The maximum Gasteiger partial charge on any atom is 0.152 e. The molecule has 3 rings (SSSR count). The molecule has 0 N–H and O–H groups in total. The summed E-state index contributed by atoms with van der Waals surface area (Å²) in [5.41, 5.74) is -0.138. The first-order chi connectivity index (χ1) is 6.57. The molecule has 80 valence electrons. The zero-order valence-corrected chi connectivity index (χ0v) is 9.38. The van der Waals surface area contributed by atoms with E-state index < -0.39 is 5.60 Å². The van der Waals surface area contributed by atoms with Crippen molar-refractivity contribution in [1.29, 1.82) is 0 Å². The number of carbonyl (C=O) groups excluding carboxylic acids is 1. The number of aldehydes is 1. The van der Waals surface area contributed by atoms with E-state index in [1.807, 2.05) is 6.92 Å². The molecular formula is C12H20O2. The Hall–Kier alpha value is -0.370. The molecule has 0 aromatic rings. The average molecular weight is 196 g/mol. The van der Waals surface area contributed by atoms with Crippen LogP contribution < -0.4 is 0 Å². The molecule has 3 aliphatic carbocycles. The third-order valence-electron chi connectivity index (χ3n) is 4.56. The largest absolute Gasteiger partial charge is 0.367 e. The Labute approximate surface area is 86.0 Å². The van der Waals surface area contributed by atoms with Gasteiger partial charge >= 0.3 is 0 Å². The first-order valence-electron chi connectivity index (χ1n) is 5.67. The number of carbonyl (C=O) groups is 1. The molecule has 0 amide bonds. The summed E-state index contributed by atoms with van der Waals surface area (Å²) >= 11 is 0. The van der Waals surface area contributed by atoms with Gasteiger partial charge in [-0.3, -0.25) is 0 Å². The molecule has 0 aliphatic heterocycles. The first-order valence-corrected chi connectivity index (χ1v) is 5.67. The van der Waals surface area contributed by atoms with Crippen LogP contribution in [0.1, 0.15) is 40.0 Å². The van der Waals surface area contributed by atoms with E-state index in [0.717, 1.165) is 25.0 Å². The molecule has 2 heteroatoms. The molecule has 0 aromatic carbocycles. The monoisotopic (exact) mass is 196 g/mol. The van der Waals surface area contributed by atoms with Gasteiger partial charge in [0.05, 0.1) is 0 Å². The van der Waals surface area contributed by atoms with Crippen molar-refractivity contribution in [3.63, 3.8) is 0 Å². The molecule has 3 saturated carbocycles. The molecule has 2 nitrogen and oxygen atoms in total. The Morgan fingerprint density at radius 1 is 1.50 bits per heavy atom. The van der Waals surface area contributed by atoms with Crippen LogP contribution in [0.15, 0.2) is 0 Å². The topological polar surface area (TPSA) is 26.3 Å². The Morgan fingerprint density at radius 3 is 2.64 bits per heavy atom. The summed E-state index contributed by atoms with van der Waals surface area (Å²) in [4.78, 5) is 11.3. The molecule has 14 heavy (non-hydrogen) atoms. The third-order valence-corrected chi connectivity index (χ3v) is 4.56. The second-order valence-corrected chi connectivity index (χ2v) is 5.35. The quantitative estimate of drug-likeness (QED) is 0.648. The van der Waals surface area contributed by atoms with E-state index in [0.29, 0.717) is 17.9 Å². The van der Waals surface area contributed by atoms with Gasteiger partial charge in [-0.25, -0.2) is 0 Å². The highest BCUT2D eigenvalue weighted by Crippen LogP contribution is 2.63. The van der Waals surface area contributed by atoms with Gasteiger partial charge in [0, 0.05) is 12.5 Å². The summed E-state index contributed by atoms with van der Waals surface area (Å²) in [5.74, 6) is 1.27. The molecular weight excluding hydrogens is 176 g/mol. The van der Waals surface area contributed by atoms with Gasteiger partial charge in [-0.2, -0.15) is 0 Å². The summed E-state index contributed by atoms with van der Waals surface area (Å²) in [7, 11) is 0. The summed E-state index contributed by atoms with van der Waals surface area (Å²) in [5, 5.41) is 0. The van der Waals surface area contributed by atoms with E-state index in [9.17, 15) is 4.79 Å². The number of rotatable bonds is 3. The Bertz CT molecular complexity index is 241. The normalized spacial score (nSPS) is 44.2. The Kier molecular flexibility index (Phi) is 2.22. The highest BCUT2D eigenvalue weighted by Gasteiger charge is 2.61. The number of fused-ring (bicyclic) bond motifs is 2. The van der Waals surface area contributed by atoms with Crippen molar-refractivity contribution in [2.24, 2.45) is 17.3 Å². The smallest absolute Gasteiger partial charge is 0.152 e. The van der Waals surface area contributed by atoms with E-state index in [-0.39, 0.29) is 0 Å². The lowest BCUT2D eigenvalue weighted by Crippen LogP contribution is -2.63. The number of hydrogen-bond acceptors (Lipinski definition) is 2. The van der Waals surface area contributed by atoms with Gasteiger partial charge < -0.3 is 9.53 Å². The van der Waals surface area contributed by atoms with Crippen molar-refractivity contribution in [3.8, 4) is 0 Å². The van der Waals surface area contributed by atoms with Crippen LogP contribution >= 0.6 is 0 Å². The van der Waals surface area contributed by atoms with E-state index in [1.165, 1.54) is 6.42 Å². The maximum absolute atomic E-state index is 11.3. The van der Waals surface area contributed by atoms with Crippen LogP contribution in [0.5, 0.6) is 0 Å². The van der Waals surface area contributed by atoms with Crippen molar-refractivity contribution in [2.45, 2.75) is 45.6 Å². The molecule has 0 spiro atoms. The lowest BCUT2D eigenvalue weighted by atomic mass is 9.44. The minimum Gasteiger partial charge on any atom is -0.367 e. The standard InChI is InChI=1S/C12H20O2/c1-4-14-12(8-13)6-5-9-7-10(12)11(9,2)3/h8-10H,4-7H2,1-3H3.